The molecular weight excluding hydrogens is 1260 g/mol. The Morgan fingerprint density at radius 3 is 1.32 bits per heavy atom. The maximum Gasteiger partial charge on any atom is 0.255 e. The number of fused-ring (bicyclic) bond motifs is 3. The normalized spacial score (nSPS) is 17.9. The van der Waals surface area contributed by atoms with Crippen LogP contribution in [0, 0.1) is 59.6 Å². The highest BCUT2D eigenvalue weighted by Crippen LogP contribution is 2.59. The summed E-state index contributed by atoms with van der Waals surface area (Å²) >= 11 is 18.8. The van der Waals surface area contributed by atoms with Crippen molar-refractivity contribution in [1.82, 2.24) is 0 Å². The molecule has 0 heterocycles. The van der Waals surface area contributed by atoms with Gasteiger partial charge in [0.05, 0.1) is 30.7 Å². The van der Waals surface area contributed by atoms with Crippen molar-refractivity contribution in [1.29, 1.82) is 5.26 Å². The van der Waals surface area contributed by atoms with Gasteiger partial charge in [-0.05, 0) is 303 Å². The molecular formula is C86H117Cl3FN3O4. The number of halogens is 4. The third-order valence-corrected chi connectivity index (χ3v) is 22.0. The Morgan fingerprint density at radius 1 is 0.557 bits per heavy atom. The molecule has 6 fully saturated rings. The molecule has 97 heavy (non-hydrogen) atoms. The van der Waals surface area contributed by atoms with Crippen molar-refractivity contribution in [2.75, 3.05) is 24.9 Å². The second-order valence-corrected chi connectivity index (χ2v) is 33.4. The average Bonchev–Trinajstić information content (AvgIpc) is 1.76. The fourth-order valence-corrected chi connectivity index (χ4v) is 14.8. The van der Waals surface area contributed by atoms with Crippen LogP contribution >= 0.6 is 34.8 Å². The Kier molecular flexibility index (Phi) is 28.5. The summed E-state index contributed by atoms with van der Waals surface area (Å²) in [7, 11) is 3.21. The Balaban J connectivity index is 0.000000190. The lowest BCUT2D eigenvalue weighted by atomic mass is 9.51. The molecule has 6 aliphatic rings. The van der Waals surface area contributed by atoms with Crippen LogP contribution in [0.4, 0.5) is 15.8 Å². The summed E-state index contributed by atoms with van der Waals surface area (Å²) in [4.78, 5) is 25.0. The minimum absolute atomic E-state index is 0.0474. The van der Waals surface area contributed by atoms with E-state index in [1.165, 1.54) is 118 Å². The van der Waals surface area contributed by atoms with Crippen LogP contribution in [-0.2, 0) is 10.8 Å². The van der Waals surface area contributed by atoms with Crippen LogP contribution in [0.3, 0.4) is 0 Å². The van der Waals surface area contributed by atoms with Gasteiger partial charge in [0.2, 0.25) is 0 Å². The predicted octanol–water partition coefficient (Wildman–Crippen LogP) is 26.4. The average molecular weight is 1380 g/mol. The maximum absolute atomic E-state index is 14.2. The molecule has 0 unspecified atom stereocenters. The van der Waals surface area contributed by atoms with Gasteiger partial charge in [-0.1, -0.05) is 170 Å². The minimum atomic E-state index is -0.605. The second-order valence-electron chi connectivity index (χ2n) is 32.2. The van der Waals surface area contributed by atoms with E-state index in [9.17, 15) is 19.2 Å². The Bertz CT molecular complexity index is 3580. The summed E-state index contributed by atoms with van der Waals surface area (Å²) in [5.74, 6) is 6.21. The molecule has 2 amide bonds. The van der Waals surface area contributed by atoms with Crippen molar-refractivity contribution in [3.05, 3.63) is 185 Å². The molecule has 7 nitrogen and oxygen atoms in total. The molecule has 12 rings (SSSR count). The number of carbonyl (C=O) groups excluding carboxylic acids is 2. The highest BCUT2D eigenvalue weighted by molar-refractivity contribution is 6.33. The predicted molar refractivity (Wildman–Crippen MR) is 410 cm³/mol. The number of nitriles is 1. The molecule has 6 aromatic carbocycles. The highest BCUT2D eigenvalue weighted by Gasteiger charge is 2.47. The first kappa shape index (κ1) is 80.1. The monoisotopic (exact) mass is 1380 g/mol. The molecule has 11 heteroatoms. The summed E-state index contributed by atoms with van der Waals surface area (Å²) < 4.78 is 24.7. The first-order chi connectivity index (χ1) is 45.4. The molecule has 2 bridgehead atoms. The van der Waals surface area contributed by atoms with Crippen molar-refractivity contribution >= 4 is 58.0 Å². The van der Waals surface area contributed by atoms with Crippen LogP contribution < -0.4 is 20.1 Å². The zero-order valence-corrected chi connectivity index (χ0v) is 65.3. The number of carbonyl (C=O) groups is 2. The Hall–Kier alpha value is -5.85. The van der Waals surface area contributed by atoms with Crippen molar-refractivity contribution in [3.63, 3.8) is 0 Å². The molecule has 6 aromatic rings. The molecule has 528 valence electrons. The van der Waals surface area contributed by atoms with E-state index in [0.29, 0.717) is 44.4 Å². The summed E-state index contributed by atoms with van der Waals surface area (Å²) in [6.45, 7) is 43.0. The number of hydrogen-bond donors (Lipinski definition) is 2. The van der Waals surface area contributed by atoms with Crippen molar-refractivity contribution < 1.29 is 23.5 Å². The van der Waals surface area contributed by atoms with Gasteiger partial charge < -0.3 is 20.1 Å². The molecule has 0 atom stereocenters. The quantitative estimate of drug-likeness (QED) is 0.107. The third kappa shape index (κ3) is 21.8. The zero-order valence-electron chi connectivity index (χ0n) is 63.0. The molecule has 0 saturated heterocycles. The second kappa shape index (κ2) is 34.5. The van der Waals surface area contributed by atoms with Crippen molar-refractivity contribution in [2.24, 2.45) is 28.6 Å². The summed E-state index contributed by atoms with van der Waals surface area (Å²) in [5.41, 5.74) is 15.0. The van der Waals surface area contributed by atoms with Gasteiger partial charge in [0.1, 0.15) is 5.75 Å². The summed E-state index contributed by atoms with van der Waals surface area (Å²) in [6.07, 6.45) is 17.1. The zero-order chi connectivity index (χ0) is 72.2. The van der Waals surface area contributed by atoms with Crippen molar-refractivity contribution in [2.45, 2.75) is 262 Å². The highest BCUT2D eigenvalue weighted by atomic mass is 35.5. The van der Waals surface area contributed by atoms with Gasteiger partial charge in [-0.2, -0.15) is 5.26 Å². The minimum Gasteiger partial charge on any atom is -0.495 e. The largest absolute Gasteiger partial charge is 0.495 e. The smallest absolute Gasteiger partial charge is 0.255 e. The van der Waals surface area contributed by atoms with Gasteiger partial charge in [-0.25, -0.2) is 4.39 Å². The van der Waals surface area contributed by atoms with E-state index in [0.717, 1.165) is 73.2 Å². The van der Waals surface area contributed by atoms with Crippen LogP contribution in [0.2, 0.25) is 15.1 Å². The lowest BCUT2D eigenvalue weighted by Gasteiger charge is -2.54. The first-order valence-electron chi connectivity index (χ1n) is 36.0. The van der Waals surface area contributed by atoms with Crippen LogP contribution in [-0.4, -0.2) is 26.0 Å². The Morgan fingerprint density at radius 2 is 0.969 bits per heavy atom. The standard InChI is InChI=1S/C20H21ClN2O.C20H24ClNO.C14H19ClO.C14H19FO.C12H22.C6H12/c1-13(2)17-10-14(8-9-18(17)21)19(24)23-16-7-5-6-15(11-16)20(3,4)12-22;1-13(2)17-11-14(9-10-18(17)21)19(23)22-16-8-6-7-15(12-16)20(3,4)5;2*1-8(2)12-13(10-5-6-10)9(3)7-11(16-4)14(12)15;1-10(2)12-7-4-11(3,5-8-12)6-9-12;1-5(2)6-3-4-6/h5-11,13H,1-4H3,(H,23,24);6-13H,1-5H3,(H,22,23);2*7-8,10H,5-6H2,1-4H3;10H,4-9H2,1-3H3;5-6H,3-4H2,1-2H3. The molecule has 0 aliphatic heterocycles. The van der Waals surface area contributed by atoms with Crippen LogP contribution in [0.5, 0.6) is 11.5 Å². The van der Waals surface area contributed by atoms with Gasteiger partial charge in [0, 0.05) is 32.5 Å². The first-order valence-corrected chi connectivity index (χ1v) is 37.1. The summed E-state index contributed by atoms with van der Waals surface area (Å²) in [5, 5.41) is 17.3. The van der Waals surface area contributed by atoms with E-state index < -0.39 is 5.41 Å². The fraction of sp³-hybridized carbons (Fsp3) is 0.547. The van der Waals surface area contributed by atoms with E-state index in [-0.39, 0.29) is 40.8 Å². The maximum atomic E-state index is 14.2. The van der Waals surface area contributed by atoms with Crippen molar-refractivity contribution in [3.8, 4) is 17.6 Å². The molecule has 6 aliphatic carbocycles. The number of nitrogens with zero attached hydrogens (tertiary/aromatic N) is 1. The molecule has 2 N–H and O–H groups in total. The summed E-state index contributed by atoms with van der Waals surface area (Å²) in [6, 6.07) is 32.2. The number of benzene rings is 6. The van der Waals surface area contributed by atoms with E-state index in [2.05, 4.69) is 126 Å². The number of hydrogen-bond acceptors (Lipinski definition) is 5. The van der Waals surface area contributed by atoms with E-state index in [1.54, 1.807) is 31.4 Å². The number of aryl methyl sites for hydroxylation is 2. The van der Waals surface area contributed by atoms with E-state index in [1.807, 2.05) is 102 Å². The molecule has 0 radical (unpaired) electrons. The number of nitrogens with one attached hydrogen (secondary N) is 2. The van der Waals surface area contributed by atoms with E-state index >= 15 is 0 Å². The third-order valence-electron chi connectivity index (χ3n) is 20.9. The van der Waals surface area contributed by atoms with Crippen LogP contribution in [0.25, 0.3) is 0 Å². The molecule has 6 saturated carbocycles. The van der Waals surface area contributed by atoms with Gasteiger partial charge in [-0.15, -0.1) is 0 Å². The van der Waals surface area contributed by atoms with Gasteiger partial charge in [0.25, 0.3) is 11.8 Å². The lowest BCUT2D eigenvalue weighted by Crippen LogP contribution is -2.42. The number of ether oxygens (including phenoxy) is 2. The van der Waals surface area contributed by atoms with Crippen LogP contribution in [0.1, 0.15) is 314 Å². The number of rotatable bonds is 15. The number of methoxy groups -OCH3 is 2. The number of anilines is 2. The van der Waals surface area contributed by atoms with Crippen LogP contribution in [0.15, 0.2) is 97.1 Å². The fourth-order valence-electron chi connectivity index (χ4n) is 13.7. The van der Waals surface area contributed by atoms with Gasteiger partial charge >= 0.3 is 0 Å². The Labute approximate surface area is 600 Å². The molecule has 0 spiro atoms. The van der Waals surface area contributed by atoms with E-state index in [4.69, 9.17) is 44.3 Å². The lowest BCUT2D eigenvalue weighted by molar-refractivity contribution is -0.0282. The topological polar surface area (TPSA) is 100 Å². The van der Waals surface area contributed by atoms with Gasteiger partial charge in [0.15, 0.2) is 11.6 Å². The molecule has 0 aromatic heterocycles. The number of amides is 2. The SMILES string of the molecule is CC(C)C12CCC(C)(CC1)CC2.CC(C)C1CC1.CC(C)c1cc(C(=O)Nc2cccc(C(C)(C)C#N)c2)ccc1Cl.CC(C)c1cc(C(=O)Nc2cccc(C(C)(C)C)c2)ccc1Cl.COc1cc(C)c(C2CC2)c(C(C)C)c1Cl.COc1cc(C)c(C2CC2)c(C(C)C)c1F. The van der Waals surface area contributed by atoms with Gasteiger partial charge in [-0.3, -0.25) is 9.59 Å².